The summed E-state index contributed by atoms with van der Waals surface area (Å²) in [6.45, 7) is 2.00. The average molecular weight is 463 g/mol. The molecule has 2 aromatic carbocycles. The molecule has 102 valence electrons. The van der Waals surface area contributed by atoms with Crippen LogP contribution in [0.4, 0.5) is 4.39 Å². The summed E-state index contributed by atoms with van der Waals surface area (Å²) in [4.78, 5) is 3.13. The number of halogens is 3. The Labute approximate surface area is 142 Å². The molecule has 0 saturated heterocycles. The summed E-state index contributed by atoms with van der Waals surface area (Å²) >= 11 is 10.9. The first-order chi connectivity index (χ1) is 9.49. The summed E-state index contributed by atoms with van der Waals surface area (Å²) in [5.74, 6) is -0.242. The van der Waals surface area contributed by atoms with Crippen LogP contribution in [0.2, 0.25) is 0 Å². The van der Waals surface area contributed by atoms with Crippen molar-refractivity contribution in [2.75, 3.05) is 0 Å². The number of imidazole rings is 1. The van der Waals surface area contributed by atoms with Crippen LogP contribution in [0.1, 0.15) is 5.56 Å². The second-order valence-electron chi connectivity index (χ2n) is 4.43. The van der Waals surface area contributed by atoms with E-state index in [1.165, 1.54) is 6.07 Å². The Morgan fingerprint density at radius 3 is 2.85 bits per heavy atom. The van der Waals surface area contributed by atoms with E-state index in [0.717, 1.165) is 26.8 Å². The van der Waals surface area contributed by atoms with Crippen molar-refractivity contribution >= 4 is 61.8 Å². The molecule has 1 heterocycles. The molecular formula is C14H9BrFIN2S. The first-order valence-electron chi connectivity index (χ1n) is 5.84. The van der Waals surface area contributed by atoms with Crippen molar-refractivity contribution in [2.24, 2.45) is 0 Å². The predicted octanol–water partition coefficient (Wildman–Crippen LogP) is 5.50. The number of aromatic amines is 1. The zero-order valence-corrected chi connectivity index (χ0v) is 14.9. The van der Waals surface area contributed by atoms with Gasteiger partial charge in [0.05, 0.1) is 20.3 Å². The van der Waals surface area contributed by atoms with E-state index < -0.39 is 0 Å². The zero-order chi connectivity index (χ0) is 14.4. The Morgan fingerprint density at radius 2 is 2.10 bits per heavy atom. The van der Waals surface area contributed by atoms with Gasteiger partial charge < -0.3 is 4.98 Å². The Bertz CT molecular complexity index is 885. The third kappa shape index (κ3) is 2.23. The highest BCUT2D eigenvalue weighted by atomic mass is 127. The van der Waals surface area contributed by atoms with Gasteiger partial charge in [0, 0.05) is 10.5 Å². The van der Waals surface area contributed by atoms with Gasteiger partial charge in [0.1, 0.15) is 5.82 Å². The summed E-state index contributed by atoms with van der Waals surface area (Å²) in [7, 11) is 0. The van der Waals surface area contributed by atoms with Gasteiger partial charge >= 0.3 is 0 Å². The molecule has 3 rings (SSSR count). The molecule has 0 fully saturated rings. The van der Waals surface area contributed by atoms with Gasteiger partial charge in [-0.3, -0.25) is 4.57 Å². The van der Waals surface area contributed by atoms with Crippen molar-refractivity contribution in [3.8, 4) is 5.69 Å². The molecule has 0 atom stereocenters. The Morgan fingerprint density at radius 1 is 1.35 bits per heavy atom. The van der Waals surface area contributed by atoms with Crippen molar-refractivity contribution in [1.82, 2.24) is 9.55 Å². The molecule has 0 saturated carbocycles. The van der Waals surface area contributed by atoms with Crippen molar-refractivity contribution < 1.29 is 4.39 Å². The lowest BCUT2D eigenvalue weighted by Gasteiger charge is -2.10. The monoisotopic (exact) mass is 462 g/mol. The third-order valence-corrected chi connectivity index (χ3v) is 5.17. The van der Waals surface area contributed by atoms with Crippen LogP contribution in [0.15, 0.2) is 34.8 Å². The molecule has 3 aromatic rings. The van der Waals surface area contributed by atoms with E-state index in [0.29, 0.717) is 8.34 Å². The topological polar surface area (TPSA) is 20.7 Å². The average Bonchev–Trinajstić information content (AvgIpc) is 2.69. The van der Waals surface area contributed by atoms with Gasteiger partial charge in [-0.2, -0.15) is 0 Å². The maximum atomic E-state index is 13.9. The minimum atomic E-state index is -0.242. The van der Waals surface area contributed by atoms with Crippen molar-refractivity contribution in [3.05, 3.63) is 54.5 Å². The van der Waals surface area contributed by atoms with E-state index in [9.17, 15) is 4.39 Å². The fraction of sp³-hybridized carbons (Fsp3) is 0.0714. The maximum absolute atomic E-state index is 13.9. The molecule has 1 N–H and O–H groups in total. The molecule has 20 heavy (non-hydrogen) atoms. The van der Waals surface area contributed by atoms with E-state index in [1.54, 1.807) is 6.07 Å². The van der Waals surface area contributed by atoms with Crippen LogP contribution in [0.25, 0.3) is 16.7 Å². The SMILES string of the molecule is Cc1c(Br)cccc1-n1c(=S)[nH]c2cc(I)c(F)cc21. The largest absolute Gasteiger partial charge is 0.330 e. The second-order valence-corrected chi connectivity index (χ2v) is 6.84. The first-order valence-corrected chi connectivity index (χ1v) is 8.12. The molecule has 0 aliphatic rings. The standard InChI is InChI=1S/C14H9BrFIN2S/c1-7-8(15)3-2-4-12(7)19-13-5-9(16)10(17)6-11(13)18-14(19)20/h2-6H,1H3,(H,18,20). The molecule has 2 nitrogen and oxygen atoms in total. The number of nitrogens with one attached hydrogen (secondary N) is 1. The van der Waals surface area contributed by atoms with Gasteiger partial charge in [-0.05, 0) is 65.5 Å². The second kappa shape index (κ2) is 5.23. The molecule has 0 aliphatic carbocycles. The van der Waals surface area contributed by atoms with E-state index in [2.05, 4.69) is 20.9 Å². The quantitative estimate of drug-likeness (QED) is 0.374. The molecular weight excluding hydrogens is 454 g/mol. The normalized spacial score (nSPS) is 11.2. The predicted molar refractivity (Wildman–Crippen MR) is 93.6 cm³/mol. The van der Waals surface area contributed by atoms with Crippen molar-refractivity contribution in [1.29, 1.82) is 0 Å². The minimum Gasteiger partial charge on any atom is -0.330 e. The fourth-order valence-electron chi connectivity index (χ4n) is 2.18. The highest BCUT2D eigenvalue weighted by Gasteiger charge is 2.12. The number of H-pyrrole nitrogens is 1. The Hall–Kier alpha value is -0.730. The smallest absolute Gasteiger partial charge is 0.182 e. The van der Waals surface area contributed by atoms with Crippen LogP contribution < -0.4 is 0 Å². The molecule has 0 spiro atoms. The number of fused-ring (bicyclic) bond motifs is 1. The Balaban J connectivity index is 2.42. The summed E-state index contributed by atoms with van der Waals surface area (Å²) in [5, 5.41) is 0. The number of hydrogen-bond donors (Lipinski definition) is 1. The first kappa shape index (κ1) is 14.2. The van der Waals surface area contributed by atoms with Gasteiger partial charge in [0.2, 0.25) is 0 Å². The van der Waals surface area contributed by atoms with E-state index >= 15 is 0 Å². The number of aromatic nitrogens is 2. The summed E-state index contributed by atoms with van der Waals surface area (Å²) in [6, 6.07) is 9.17. The van der Waals surface area contributed by atoms with Gasteiger partial charge in [0.25, 0.3) is 0 Å². The molecule has 0 bridgehead atoms. The highest BCUT2D eigenvalue weighted by molar-refractivity contribution is 14.1. The number of nitrogens with zero attached hydrogens (tertiary/aromatic N) is 1. The van der Waals surface area contributed by atoms with E-state index in [4.69, 9.17) is 12.2 Å². The summed E-state index contributed by atoms with van der Waals surface area (Å²) in [5.41, 5.74) is 3.58. The molecule has 0 amide bonds. The minimum absolute atomic E-state index is 0.242. The van der Waals surface area contributed by atoms with Gasteiger partial charge in [0.15, 0.2) is 4.77 Å². The van der Waals surface area contributed by atoms with E-state index in [-0.39, 0.29) is 5.82 Å². The van der Waals surface area contributed by atoms with Gasteiger partial charge in [-0.1, -0.05) is 22.0 Å². The molecule has 0 aliphatic heterocycles. The van der Waals surface area contributed by atoms with Crippen molar-refractivity contribution in [3.63, 3.8) is 0 Å². The number of rotatable bonds is 1. The van der Waals surface area contributed by atoms with Crippen LogP contribution in [-0.2, 0) is 0 Å². The zero-order valence-electron chi connectivity index (χ0n) is 10.4. The molecule has 0 unspecified atom stereocenters. The maximum Gasteiger partial charge on any atom is 0.182 e. The third-order valence-electron chi connectivity index (χ3n) is 3.20. The van der Waals surface area contributed by atoms with Crippen LogP contribution in [0, 0.1) is 21.1 Å². The van der Waals surface area contributed by atoms with Gasteiger partial charge in [-0.25, -0.2) is 4.39 Å². The number of benzene rings is 2. The molecule has 1 aromatic heterocycles. The van der Waals surface area contributed by atoms with Crippen LogP contribution in [0.3, 0.4) is 0 Å². The lowest BCUT2D eigenvalue weighted by Crippen LogP contribution is -1.98. The molecule has 6 heteroatoms. The van der Waals surface area contributed by atoms with Crippen molar-refractivity contribution in [2.45, 2.75) is 6.92 Å². The fourth-order valence-corrected chi connectivity index (χ4v) is 3.31. The van der Waals surface area contributed by atoms with E-state index in [1.807, 2.05) is 52.3 Å². The Kier molecular flexibility index (Phi) is 3.72. The highest BCUT2D eigenvalue weighted by Crippen LogP contribution is 2.28. The van der Waals surface area contributed by atoms with Crippen LogP contribution >= 0.6 is 50.7 Å². The van der Waals surface area contributed by atoms with Gasteiger partial charge in [-0.15, -0.1) is 0 Å². The van der Waals surface area contributed by atoms with Crippen LogP contribution in [0.5, 0.6) is 0 Å². The lowest BCUT2D eigenvalue weighted by atomic mass is 10.2. The lowest BCUT2D eigenvalue weighted by molar-refractivity contribution is 0.622. The summed E-state index contributed by atoms with van der Waals surface area (Å²) < 4.78 is 17.8. The molecule has 0 radical (unpaired) electrons. The van der Waals surface area contributed by atoms with Crippen LogP contribution in [-0.4, -0.2) is 9.55 Å². The summed E-state index contributed by atoms with van der Waals surface area (Å²) in [6.07, 6.45) is 0. The number of hydrogen-bond acceptors (Lipinski definition) is 1.